The van der Waals surface area contributed by atoms with Crippen molar-refractivity contribution in [2.45, 2.75) is 32.7 Å². The van der Waals surface area contributed by atoms with Gasteiger partial charge in [-0.1, -0.05) is 24.3 Å². The smallest absolute Gasteiger partial charge is 0.258 e. The van der Waals surface area contributed by atoms with Crippen LogP contribution in [0.1, 0.15) is 30.6 Å². The van der Waals surface area contributed by atoms with Gasteiger partial charge in [-0.2, -0.15) is 0 Å². The number of aromatic amines is 1. The summed E-state index contributed by atoms with van der Waals surface area (Å²) in [6.07, 6.45) is 1.98. The van der Waals surface area contributed by atoms with E-state index in [0.29, 0.717) is 36.2 Å². The highest BCUT2D eigenvalue weighted by molar-refractivity contribution is 7.18. The standard InChI is InChI=1S/C22H22N4O2S/c1-2-26(14-19-23-16-9-4-3-8-15(16)22(28)25-19)21(27)13-7-12-20-24-17-10-5-6-11-18(17)29-20/h3-6,8-11H,2,7,12-14H2,1H3,(H,23,25,28). The molecule has 0 aliphatic carbocycles. The molecule has 0 saturated heterocycles. The number of aryl methyl sites for hydroxylation is 1. The third-order valence-electron chi connectivity index (χ3n) is 4.86. The molecule has 29 heavy (non-hydrogen) atoms. The van der Waals surface area contributed by atoms with Crippen molar-refractivity contribution >= 4 is 38.4 Å². The second-order valence-corrected chi connectivity index (χ2v) is 7.98. The lowest BCUT2D eigenvalue weighted by Crippen LogP contribution is -2.31. The van der Waals surface area contributed by atoms with Crippen molar-refractivity contribution in [3.8, 4) is 0 Å². The minimum Gasteiger partial charge on any atom is -0.336 e. The fraction of sp³-hybridized carbons (Fsp3) is 0.273. The Labute approximate surface area is 172 Å². The highest BCUT2D eigenvalue weighted by Crippen LogP contribution is 2.22. The summed E-state index contributed by atoms with van der Waals surface area (Å²) < 4.78 is 1.18. The summed E-state index contributed by atoms with van der Waals surface area (Å²) in [5.74, 6) is 0.569. The minimum absolute atomic E-state index is 0.0596. The van der Waals surface area contributed by atoms with E-state index < -0.39 is 0 Å². The molecule has 7 heteroatoms. The molecule has 4 rings (SSSR count). The molecule has 0 bridgehead atoms. The average molecular weight is 407 g/mol. The van der Waals surface area contributed by atoms with Gasteiger partial charge in [0.15, 0.2) is 0 Å². The minimum atomic E-state index is -0.176. The third kappa shape index (κ3) is 4.35. The summed E-state index contributed by atoms with van der Waals surface area (Å²) >= 11 is 1.68. The number of hydrogen-bond acceptors (Lipinski definition) is 5. The maximum atomic E-state index is 12.7. The SMILES string of the molecule is CCN(Cc1nc2ccccc2c(=O)[nH]1)C(=O)CCCc1nc2ccccc2s1. The largest absolute Gasteiger partial charge is 0.336 e. The number of fused-ring (bicyclic) bond motifs is 2. The van der Waals surface area contributed by atoms with Gasteiger partial charge in [0.25, 0.3) is 5.56 Å². The van der Waals surface area contributed by atoms with E-state index in [1.54, 1.807) is 22.3 Å². The van der Waals surface area contributed by atoms with Crippen molar-refractivity contribution in [2.75, 3.05) is 6.54 Å². The first kappa shape index (κ1) is 19.3. The fourth-order valence-electron chi connectivity index (χ4n) is 3.34. The zero-order valence-electron chi connectivity index (χ0n) is 16.2. The first-order valence-electron chi connectivity index (χ1n) is 9.74. The van der Waals surface area contributed by atoms with E-state index in [0.717, 1.165) is 23.4 Å². The van der Waals surface area contributed by atoms with Crippen LogP contribution in [0.2, 0.25) is 0 Å². The summed E-state index contributed by atoms with van der Waals surface area (Å²) in [5.41, 5.74) is 1.48. The van der Waals surface area contributed by atoms with Crippen LogP contribution >= 0.6 is 11.3 Å². The maximum absolute atomic E-state index is 12.7. The number of carbonyl (C=O) groups excluding carboxylic acids is 1. The first-order valence-corrected chi connectivity index (χ1v) is 10.6. The Morgan fingerprint density at radius 3 is 2.62 bits per heavy atom. The molecule has 0 aliphatic rings. The van der Waals surface area contributed by atoms with Crippen LogP contribution < -0.4 is 5.56 Å². The Morgan fingerprint density at radius 1 is 1.07 bits per heavy atom. The highest BCUT2D eigenvalue weighted by atomic mass is 32.1. The fourth-order valence-corrected chi connectivity index (χ4v) is 4.35. The van der Waals surface area contributed by atoms with Crippen LogP contribution in [-0.4, -0.2) is 32.3 Å². The number of thiazole rings is 1. The van der Waals surface area contributed by atoms with Crippen molar-refractivity contribution in [3.05, 3.63) is 69.7 Å². The van der Waals surface area contributed by atoms with Crippen LogP contribution in [0.15, 0.2) is 53.3 Å². The predicted molar refractivity (Wildman–Crippen MR) is 116 cm³/mol. The third-order valence-corrected chi connectivity index (χ3v) is 5.95. The lowest BCUT2D eigenvalue weighted by atomic mass is 10.2. The van der Waals surface area contributed by atoms with Crippen LogP contribution in [0.5, 0.6) is 0 Å². The van der Waals surface area contributed by atoms with Gasteiger partial charge in [0.1, 0.15) is 5.82 Å². The number of H-pyrrole nitrogens is 1. The van der Waals surface area contributed by atoms with Gasteiger partial charge < -0.3 is 9.88 Å². The number of para-hydroxylation sites is 2. The summed E-state index contributed by atoms with van der Waals surface area (Å²) in [5, 5.41) is 1.61. The number of rotatable bonds is 7. The van der Waals surface area contributed by atoms with Gasteiger partial charge in [0.05, 0.1) is 32.7 Å². The Bertz CT molecular complexity index is 1180. The number of aromatic nitrogens is 3. The van der Waals surface area contributed by atoms with E-state index in [4.69, 9.17) is 0 Å². The second-order valence-electron chi connectivity index (χ2n) is 6.87. The number of carbonyl (C=O) groups is 1. The number of amides is 1. The van der Waals surface area contributed by atoms with Gasteiger partial charge >= 0.3 is 0 Å². The molecule has 1 N–H and O–H groups in total. The van der Waals surface area contributed by atoms with Crippen LogP contribution in [0.25, 0.3) is 21.1 Å². The molecule has 0 atom stereocenters. The molecule has 148 valence electrons. The summed E-state index contributed by atoms with van der Waals surface area (Å²) in [4.78, 5) is 38.6. The Balaban J connectivity index is 1.38. The quantitative estimate of drug-likeness (QED) is 0.505. The van der Waals surface area contributed by atoms with E-state index in [9.17, 15) is 9.59 Å². The van der Waals surface area contributed by atoms with Crippen molar-refractivity contribution in [3.63, 3.8) is 0 Å². The topological polar surface area (TPSA) is 79.0 Å². The Morgan fingerprint density at radius 2 is 1.83 bits per heavy atom. The van der Waals surface area contributed by atoms with E-state index in [-0.39, 0.29) is 11.5 Å². The second kappa shape index (κ2) is 8.53. The van der Waals surface area contributed by atoms with E-state index in [2.05, 4.69) is 21.0 Å². The molecule has 0 fully saturated rings. The zero-order valence-corrected chi connectivity index (χ0v) is 17.0. The molecule has 0 unspecified atom stereocenters. The van der Waals surface area contributed by atoms with Crippen molar-refractivity contribution in [1.82, 2.24) is 19.9 Å². The Hall–Kier alpha value is -3.06. The van der Waals surface area contributed by atoms with Gasteiger partial charge in [0.2, 0.25) is 5.91 Å². The van der Waals surface area contributed by atoms with E-state index >= 15 is 0 Å². The predicted octanol–water partition coefficient (Wildman–Crippen LogP) is 3.90. The highest BCUT2D eigenvalue weighted by Gasteiger charge is 2.14. The van der Waals surface area contributed by atoms with Crippen LogP contribution in [-0.2, 0) is 17.8 Å². The molecule has 0 radical (unpaired) electrons. The van der Waals surface area contributed by atoms with Crippen molar-refractivity contribution in [1.29, 1.82) is 0 Å². The molecule has 6 nitrogen and oxygen atoms in total. The van der Waals surface area contributed by atoms with E-state index in [1.165, 1.54) is 4.70 Å². The molecule has 4 aromatic rings. The lowest BCUT2D eigenvalue weighted by Gasteiger charge is -2.20. The van der Waals surface area contributed by atoms with Crippen LogP contribution in [0, 0.1) is 0 Å². The van der Waals surface area contributed by atoms with Crippen molar-refractivity contribution in [2.24, 2.45) is 0 Å². The van der Waals surface area contributed by atoms with Gasteiger partial charge in [-0.25, -0.2) is 9.97 Å². The van der Waals surface area contributed by atoms with Crippen LogP contribution in [0.4, 0.5) is 0 Å². The molecule has 2 aromatic heterocycles. The summed E-state index contributed by atoms with van der Waals surface area (Å²) in [6.45, 7) is 2.80. The number of benzene rings is 2. The maximum Gasteiger partial charge on any atom is 0.258 e. The summed E-state index contributed by atoms with van der Waals surface area (Å²) in [6, 6.07) is 15.3. The first-order chi connectivity index (χ1) is 14.1. The van der Waals surface area contributed by atoms with Gasteiger partial charge in [0, 0.05) is 13.0 Å². The zero-order chi connectivity index (χ0) is 20.2. The van der Waals surface area contributed by atoms with Crippen molar-refractivity contribution < 1.29 is 4.79 Å². The molecule has 0 spiro atoms. The molecule has 2 aromatic carbocycles. The number of nitrogens with one attached hydrogen (secondary N) is 1. The molecule has 0 saturated carbocycles. The van der Waals surface area contributed by atoms with Gasteiger partial charge in [-0.15, -0.1) is 11.3 Å². The van der Waals surface area contributed by atoms with Crippen LogP contribution in [0.3, 0.4) is 0 Å². The normalized spacial score (nSPS) is 11.2. The number of nitrogens with zero attached hydrogens (tertiary/aromatic N) is 3. The summed E-state index contributed by atoms with van der Waals surface area (Å²) in [7, 11) is 0. The van der Waals surface area contributed by atoms with Gasteiger partial charge in [-0.3, -0.25) is 9.59 Å². The monoisotopic (exact) mass is 406 g/mol. The Kier molecular flexibility index (Phi) is 5.67. The lowest BCUT2D eigenvalue weighted by molar-refractivity contribution is -0.131. The molecular weight excluding hydrogens is 384 g/mol. The molecule has 0 aliphatic heterocycles. The molecule has 1 amide bonds. The molecular formula is C22H22N4O2S. The van der Waals surface area contributed by atoms with E-state index in [1.807, 2.05) is 43.3 Å². The van der Waals surface area contributed by atoms with Gasteiger partial charge in [-0.05, 0) is 44.0 Å². The number of hydrogen-bond donors (Lipinski definition) is 1. The molecule has 2 heterocycles. The average Bonchev–Trinajstić information content (AvgIpc) is 3.14.